The lowest BCUT2D eigenvalue weighted by atomic mass is 10.1. The Morgan fingerprint density at radius 2 is 1.97 bits per heavy atom. The zero-order valence-corrected chi connectivity index (χ0v) is 16.7. The molecule has 0 aliphatic heterocycles. The fourth-order valence-corrected chi connectivity index (χ4v) is 3.80. The second-order valence-electron chi connectivity index (χ2n) is 7.02. The highest BCUT2D eigenvalue weighted by Gasteiger charge is 2.24. The van der Waals surface area contributed by atoms with Gasteiger partial charge in [0.1, 0.15) is 11.2 Å². The fourth-order valence-electron chi connectivity index (χ4n) is 3.61. The van der Waals surface area contributed by atoms with Crippen molar-refractivity contribution in [3.8, 4) is 11.3 Å². The normalized spacial score (nSPS) is 11.4. The molecule has 1 N–H and O–H groups in total. The van der Waals surface area contributed by atoms with E-state index in [1.807, 2.05) is 19.1 Å². The largest absolute Gasteiger partial charge is 0.458 e. The second kappa shape index (κ2) is 7.03. The van der Waals surface area contributed by atoms with Crippen LogP contribution in [0.3, 0.4) is 0 Å². The molecule has 3 aromatic heterocycles. The number of hydrogen-bond acceptors (Lipinski definition) is 3. The highest BCUT2D eigenvalue weighted by molar-refractivity contribution is 6.30. The van der Waals surface area contributed by atoms with Gasteiger partial charge >= 0.3 is 5.78 Å². The maximum absolute atomic E-state index is 14.2. The number of aromatic amines is 1. The molecule has 0 atom stereocenters. The Bertz CT molecular complexity index is 1490. The van der Waals surface area contributed by atoms with E-state index < -0.39 is 0 Å². The van der Waals surface area contributed by atoms with E-state index in [4.69, 9.17) is 11.6 Å². The van der Waals surface area contributed by atoms with Crippen LogP contribution in [0.1, 0.15) is 11.4 Å². The number of nitrogens with zero attached hydrogens (tertiary/aromatic N) is 4. The van der Waals surface area contributed by atoms with E-state index >= 15 is 0 Å². The Balaban J connectivity index is 1.84. The zero-order valence-electron chi connectivity index (χ0n) is 15.9. The number of hydrogen-bond donors (Lipinski definition) is 1. The molecule has 2 aromatic carbocycles. The zero-order chi connectivity index (χ0) is 20.8. The summed E-state index contributed by atoms with van der Waals surface area (Å²) in [4.78, 5) is 22.4. The van der Waals surface area contributed by atoms with E-state index in [1.54, 1.807) is 47.1 Å². The van der Waals surface area contributed by atoms with Crippen LogP contribution >= 0.6 is 11.6 Å². The van der Waals surface area contributed by atoms with Crippen LogP contribution in [0.25, 0.3) is 27.9 Å². The van der Waals surface area contributed by atoms with Crippen LogP contribution in [-0.4, -0.2) is 19.6 Å². The predicted molar refractivity (Wildman–Crippen MR) is 112 cm³/mol. The summed E-state index contributed by atoms with van der Waals surface area (Å²) in [6.07, 6.45) is 1.63. The Labute approximate surface area is 175 Å². The van der Waals surface area contributed by atoms with Crippen LogP contribution in [0.15, 0.2) is 65.6 Å². The summed E-state index contributed by atoms with van der Waals surface area (Å²) in [5.41, 5.74) is 2.01. The molecular weight excluding hydrogens is 405 g/mol. The second-order valence-corrected chi connectivity index (χ2v) is 7.45. The van der Waals surface area contributed by atoms with Gasteiger partial charge in [-0.05, 0) is 24.3 Å². The van der Waals surface area contributed by atoms with Crippen LogP contribution in [0.4, 0.5) is 4.39 Å². The van der Waals surface area contributed by atoms with Crippen LogP contribution in [0.2, 0.25) is 5.02 Å². The summed E-state index contributed by atoms with van der Waals surface area (Å²) in [5, 5.41) is 4.08. The molecule has 0 saturated heterocycles. The number of aryl methyl sites for hydroxylation is 1. The number of H-pyrrole nitrogens is 1. The third kappa shape index (κ3) is 3.04. The standard InChI is InChI=1S/C22H15ClFN5O/c1-13-25-22-26-18-9-10-28(12-15-5-2-3-8-17(15)24)21(30)19(18)20(29(22)27-13)14-6-4-7-16(23)11-14/h2-11H,12H2,1H3/p+1. The van der Waals surface area contributed by atoms with Gasteiger partial charge in [-0.2, -0.15) is 0 Å². The van der Waals surface area contributed by atoms with Crippen molar-refractivity contribution in [2.45, 2.75) is 13.5 Å². The van der Waals surface area contributed by atoms with E-state index in [0.29, 0.717) is 38.8 Å². The van der Waals surface area contributed by atoms with Gasteiger partial charge < -0.3 is 4.57 Å². The van der Waals surface area contributed by atoms with Gasteiger partial charge in [0.2, 0.25) is 5.82 Å². The summed E-state index contributed by atoms with van der Waals surface area (Å²) in [6.45, 7) is 1.93. The average molecular weight is 421 g/mol. The van der Waals surface area contributed by atoms with Crippen molar-refractivity contribution < 1.29 is 8.91 Å². The molecule has 0 saturated carbocycles. The van der Waals surface area contributed by atoms with Gasteiger partial charge in [-0.15, -0.1) is 4.52 Å². The predicted octanol–water partition coefficient (Wildman–Crippen LogP) is 3.67. The van der Waals surface area contributed by atoms with Crippen molar-refractivity contribution in [3.05, 3.63) is 93.4 Å². The van der Waals surface area contributed by atoms with Crippen LogP contribution in [0, 0.1) is 12.7 Å². The number of benzene rings is 2. The minimum Gasteiger partial charge on any atom is -0.310 e. The Kier molecular flexibility index (Phi) is 4.33. The van der Waals surface area contributed by atoms with Crippen molar-refractivity contribution in [2.75, 3.05) is 0 Å². The van der Waals surface area contributed by atoms with E-state index in [1.165, 1.54) is 10.6 Å². The highest BCUT2D eigenvalue weighted by Crippen LogP contribution is 2.25. The Morgan fingerprint density at radius 3 is 2.77 bits per heavy atom. The molecule has 0 amide bonds. The topological polar surface area (TPSA) is 67.7 Å². The maximum atomic E-state index is 14.2. The number of aromatic nitrogens is 5. The third-order valence-electron chi connectivity index (χ3n) is 4.96. The molecule has 5 rings (SSSR count). The van der Waals surface area contributed by atoms with E-state index in [-0.39, 0.29) is 17.9 Å². The van der Waals surface area contributed by atoms with E-state index in [9.17, 15) is 9.18 Å². The first-order valence-electron chi connectivity index (χ1n) is 9.32. The summed E-state index contributed by atoms with van der Waals surface area (Å²) in [6, 6.07) is 15.4. The molecule has 3 heterocycles. The molecule has 5 aromatic rings. The molecule has 0 unspecified atom stereocenters. The average Bonchev–Trinajstić information content (AvgIpc) is 3.09. The summed E-state index contributed by atoms with van der Waals surface area (Å²) < 4.78 is 17.3. The number of fused-ring (bicyclic) bond motifs is 2. The SMILES string of the molecule is Cc1nc2nc3ccn(Cc4ccccc4F)c(=O)c3c(-c3cccc(Cl)c3)[n+]2[nH]1. The van der Waals surface area contributed by atoms with Gasteiger partial charge in [0.05, 0.1) is 6.54 Å². The first-order valence-corrected chi connectivity index (χ1v) is 9.70. The van der Waals surface area contributed by atoms with Crippen molar-refractivity contribution in [1.82, 2.24) is 19.6 Å². The number of rotatable bonds is 3. The lowest BCUT2D eigenvalue weighted by Gasteiger charge is -2.09. The van der Waals surface area contributed by atoms with Gasteiger partial charge in [0.15, 0.2) is 11.2 Å². The van der Waals surface area contributed by atoms with Crippen LogP contribution in [-0.2, 0) is 6.54 Å². The summed E-state index contributed by atoms with van der Waals surface area (Å²) in [7, 11) is 0. The molecule has 0 spiro atoms. The van der Waals surface area contributed by atoms with Gasteiger partial charge in [0.25, 0.3) is 5.56 Å². The Morgan fingerprint density at radius 1 is 1.13 bits per heavy atom. The smallest absolute Gasteiger partial charge is 0.310 e. The van der Waals surface area contributed by atoms with Crippen molar-refractivity contribution in [3.63, 3.8) is 0 Å². The molecule has 6 nitrogen and oxygen atoms in total. The van der Waals surface area contributed by atoms with Gasteiger partial charge in [0, 0.05) is 29.3 Å². The lowest BCUT2D eigenvalue weighted by Crippen LogP contribution is -2.32. The molecule has 30 heavy (non-hydrogen) atoms. The molecule has 0 radical (unpaired) electrons. The quantitative estimate of drug-likeness (QED) is 0.453. The number of pyridine rings is 1. The third-order valence-corrected chi connectivity index (χ3v) is 5.20. The first-order chi connectivity index (χ1) is 14.5. The first kappa shape index (κ1) is 18.4. The molecule has 148 valence electrons. The van der Waals surface area contributed by atoms with Gasteiger partial charge in [-0.25, -0.2) is 9.49 Å². The van der Waals surface area contributed by atoms with Crippen molar-refractivity contribution >= 4 is 28.3 Å². The van der Waals surface area contributed by atoms with Gasteiger partial charge in [-0.3, -0.25) is 4.79 Å². The van der Waals surface area contributed by atoms with E-state index in [2.05, 4.69) is 15.1 Å². The molecule has 0 aliphatic rings. The highest BCUT2D eigenvalue weighted by atomic mass is 35.5. The summed E-state index contributed by atoms with van der Waals surface area (Å²) >= 11 is 6.22. The molecule has 0 fully saturated rings. The van der Waals surface area contributed by atoms with Crippen molar-refractivity contribution in [1.29, 1.82) is 0 Å². The van der Waals surface area contributed by atoms with Gasteiger partial charge in [-0.1, -0.05) is 51.9 Å². The molecular formula is C22H16ClFN5O+. The maximum Gasteiger partial charge on any atom is 0.458 e. The Hall–Kier alpha value is -3.58. The minimum atomic E-state index is -0.355. The molecule has 8 heteroatoms. The van der Waals surface area contributed by atoms with Crippen LogP contribution < -0.4 is 10.1 Å². The lowest BCUT2D eigenvalue weighted by molar-refractivity contribution is -0.567. The monoisotopic (exact) mass is 420 g/mol. The molecule has 0 aliphatic carbocycles. The van der Waals surface area contributed by atoms with Crippen LogP contribution in [0.5, 0.6) is 0 Å². The minimum absolute atomic E-state index is 0.112. The van der Waals surface area contributed by atoms with Crippen molar-refractivity contribution in [2.24, 2.45) is 0 Å². The fraction of sp³-hybridized carbons (Fsp3) is 0.0909. The number of halogens is 2. The number of nitrogens with one attached hydrogen (secondary N) is 1. The van der Waals surface area contributed by atoms with E-state index in [0.717, 1.165) is 5.56 Å². The molecule has 0 bridgehead atoms. The summed E-state index contributed by atoms with van der Waals surface area (Å²) in [5.74, 6) is 0.751.